The summed E-state index contributed by atoms with van der Waals surface area (Å²) in [6.07, 6.45) is 6.43. The summed E-state index contributed by atoms with van der Waals surface area (Å²) in [6.45, 7) is 7.30. The van der Waals surface area contributed by atoms with Crippen molar-refractivity contribution in [3.05, 3.63) is 17.6 Å². The van der Waals surface area contributed by atoms with E-state index >= 15 is 0 Å². The first-order valence-electron chi connectivity index (χ1n) is 8.31. The Kier molecular flexibility index (Phi) is 5.97. The van der Waals surface area contributed by atoms with Gasteiger partial charge in [-0.2, -0.15) is 0 Å². The van der Waals surface area contributed by atoms with Crippen LogP contribution in [0, 0.1) is 5.92 Å². The van der Waals surface area contributed by atoms with Gasteiger partial charge in [0, 0.05) is 25.4 Å². The summed E-state index contributed by atoms with van der Waals surface area (Å²) in [5, 5.41) is 3.32. The maximum atomic E-state index is 5.79. The molecule has 1 heterocycles. The van der Waals surface area contributed by atoms with E-state index in [2.05, 4.69) is 32.2 Å². The van der Waals surface area contributed by atoms with Gasteiger partial charge in [-0.15, -0.1) is 0 Å². The van der Waals surface area contributed by atoms with Gasteiger partial charge in [-0.3, -0.25) is 0 Å². The van der Waals surface area contributed by atoms with Crippen LogP contribution in [0.15, 0.2) is 6.07 Å². The van der Waals surface area contributed by atoms with E-state index in [0.717, 1.165) is 23.9 Å². The van der Waals surface area contributed by atoms with Crippen LogP contribution in [0.25, 0.3) is 0 Å². The molecule has 4 heteroatoms. The zero-order valence-corrected chi connectivity index (χ0v) is 13.9. The van der Waals surface area contributed by atoms with Crippen molar-refractivity contribution >= 4 is 5.82 Å². The molecule has 21 heavy (non-hydrogen) atoms. The lowest BCUT2D eigenvalue weighted by Crippen LogP contribution is -2.21. The highest BCUT2D eigenvalue weighted by atomic mass is 16.5. The molecular weight excluding hydrogens is 262 g/mol. The Hall–Kier alpha value is -1.16. The fourth-order valence-corrected chi connectivity index (χ4v) is 3.13. The third kappa shape index (κ3) is 4.16. The number of hydrogen-bond donors (Lipinski definition) is 1. The maximum absolute atomic E-state index is 5.79. The topological polar surface area (TPSA) is 47.0 Å². The fraction of sp³-hybridized carbons (Fsp3) is 0.765. The summed E-state index contributed by atoms with van der Waals surface area (Å²) < 4.78 is 5.79. The molecule has 0 radical (unpaired) electrons. The van der Waals surface area contributed by atoms with E-state index in [1.165, 1.54) is 32.1 Å². The van der Waals surface area contributed by atoms with Crippen molar-refractivity contribution in [1.29, 1.82) is 0 Å². The van der Waals surface area contributed by atoms with Crippen LogP contribution in [-0.4, -0.2) is 23.6 Å². The van der Waals surface area contributed by atoms with Crippen LogP contribution >= 0.6 is 0 Å². The Morgan fingerprint density at radius 1 is 1.24 bits per heavy atom. The highest BCUT2D eigenvalue weighted by Gasteiger charge is 2.28. The summed E-state index contributed by atoms with van der Waals surface area (Å²) in [4.78, 5) is 9.49. The van der Waals surface area contributed by atoms with Crippen molar-refractivity contribution in [1.82, 2.24) is 9.97 Å². The van der Waals surface area contributed by atoms with Gasteiger partial charge in [-0.25, -0.2) is 9.97 Å². The third-order valence-corrected chi connectivity index (χ3v) is 4.30. The number of hydrogen-bond acceptors (Lipinski definition) is 4. The van der Waals surface area contributed by atoms with E-state index in [1.54, 1.807) is 7.11 Å². The van der Waals surface area contributed by atoms with E-state index in [-0.39, 0.29) is 6.10 Å². The number of methoxy groups -OCH3 is 1. The smallest absolute Gasteiger partial charge is 0.160 e. The third-order valence-electron chi connectivity index (χ3n) is 4.30. The van der Waals surface area contributed by atoms with Gasteiger partial charge in [0.25, 0.3) is 0 Å². The molecule has 0 aromatic carbocycles. The molecule has 118 valence electrons. The second kappa shape index (κ2) is 7.74. The molecule has 2 rings (SSSR count). The van der Waals surface area contributed by atoms with E-state index in [4.69, 9.17) is 14.7 Å². The summed E-state index contributed by atoms with van der Waals surface area (Å²) in [7, 11) is 1.79. The highest BCUT2D eigenvalue weighted by molar-refractivity contribution is 5.37. The summed E-state index contributed by atoms with van der Waals surface area (Å²) in [6, 6.07) is 2.06. The second-order valence-corrected chi connectivity index (χ2v) is 6.28. The van der Waals surface area contributed by atoms with E-state index in [9.17, 15) is 0 Å². The number of rotatable bonds is 6. The molecule has 1 N–H and O–H groups in total. The van der Waals surface area contributed by atoms with E-state index in [0.29, 0.717) is 11.8 Å². The van der Waals surface area contributed by atoms with Crippen molar-refractivity contribution < 1.29 is 4.74 Å². The minimum absolute atomic E-state index is 0.0291. The predicted octanol–water partition coefficient (Wildman–Crippen LogP) is 4.30. The molecule has 1 aliphatic carbocycles. The molecule has 1 aliphatic rings. The fourth-order valence-electron chi connectivity index (χ4n) is 3.13. The Labute approximate surface area is 128 Å². The summed E-state index contributed by atoms with van der Waals surface area (Å²) >= 11 is 0. The summed E-state index contributed by atoms with van der Waals surface area (Å²) in [5.41, 5.74) is 1.09. The average Bonchev–Trinajstić information content (AvgIpc) is 2.49. The highest BCUT2D eigenvalue weighted by Crippen LogP contribution is 2.35. The largest absolute Gasteiger partial charge is 0.373 e. The normalized spacial score (nSPS) is 18.0. The monoisotopic (exact) mass is 291 g/mol. The molecule has 1 unspecified atom stereocenters. The quantitative estimate of drug-likeness (QED) is 0.849. The number of nitrogens with one attached hydrogen (secondary N) is 1. The Bertz CT molecular complexity index is 442. The van der Waals surface area contributed by atoms with Crippen molar-refractivity contribution in [3.8, 4) is 0 Å². The van der Waals surface area contributed by atoms with Gasteiger partial charge in [0.1, 0.15) is 11.9 Å². The Morgan fingerprint density at radius 2 is 1.95 bits per heavy atom. The van der Waals surface area contributed by atoms with E-state index in [1.807, 2.05) is 0 Å². The second-order valence-electron chi connectivity index (χ2n) is 6.28. The number of ether oxygens (including phenoxy) is 1. The average molecular weight is 291 g/mol. The van der Waals surface area contributed by atoms with Gasteiger partial charge in [0.05, 0.1) is 0 Å². The maximum Gasteiger partial charge on any atom is 0.160 e. The zero-order chi connectivity index (χ0) is 15.2. The van der Waals surface area contributed by atoms with Crippen LogP contribution in [0.2, 0.25) is 0 Å². The van der Waals surface area contributed by atoms with Gasteiger partial charge >= 0.3 is 0 Å². The molecular formula is C17H29N3O. The Morgan fingerprint density at radius 3 is 2.52 bits per heavy atom. The summed E-state index contributed by atoms with van der Waals surface area (Å²) in [5.74, 6) is 2.73. The van der Waals surface area contributed by atoms with Crippen molar-refractivity contribution in [3.63, 3.8) is 0 Å². The van der Waals surface area contributed by atoms with Crippen LogP contribution in [0.4, 0.5) is 5.82 Å². The molecule has 1 aromatic heterocycles. The van der Waals surface area contributed by atoms with Crippen LogP contribution in [0.3, 0.4) is 0 Å². The molecule has 1 atom stereocenters. The van der Waals surface area contributed by atoms with Crippen molar-refractivity contribution in [2.75, 3.05) is 19.0 Å². The van der Waals surface area contributed by atoms with Crippen LogP contribution < -0.4 is 5.32 Å². The van der Waals surface area contributed by atoms with Crippen molar-refractivity contribution in [2.45, 2.75) is 64.9 Å². The van der Waals surface area contributed by atoms with Crippen LogP contribution in [-0.2, 0) is 4.74 Å². The lowest BCUT2D eigenvalue weighted by Gasteiger charge is -2.28. The van der Waals surface area contributed by atoms with Crippen LogP contribution in [0.5, 0.6) is 0 Å². The molecule has 0 aliphatic heterocycles. The van der Waals surface area contributed by atoms with Gasteiger partial charge < -0.3 is 10.1 Å². The molecule has 4 nitrogen and oxygen atoms in total. The van der Waals surface area contributed by atoms with Gasteiger partial charge in [-0.05, 0) is 31.6 Å². The minimum atomic E-state index is 0.0291. The number of anilines is 1. The number of aromatic nitrogens is 2. The first-order valence-corrected chi connectivity index (χ1v) is 8.31. The molecule has 1 fully saturated rings. The molecule has 1 saturated carbocycles. The number of nitrogens with zero attached hydrogens (tertiary/aromatic N) is 2. The van der Waals surface area contributed by atoms with Gasteiger partial charge in [0.15, 0.2) is 5.82 Å². The van der Waals surface area contributed by atoms with E-state index < -0.39 is 0 Å². The zero-order valence-electron chi connectivity index (χ0n) is 13.9. The van der Waals surface area contributed by atoms with Gasteiger partial charge in [-0.1, -0.05) is 33.1 Å². The molecule has 0 saturated heterocycles. The lowest BCUT2D eigenvalue weighted by molar-refractivity contribution is 0.0288. The first kappa shape index (κ1) is 16.2. The standard InChI is InChI=1S/C17H29N3O/c1-5-18-15-11-14(12(2)3)19-17(20-15)16(21-4)13-9-7-6-8-10-13/h11-13,16H,5-10H2,1-4H3,(H,18,19,20). The SMILES string of the molecule is CCNc1cc(C(C)C)nc(C(OC)C2CCCCC2)n1. The first-order chi connectivity index (χ1) is 10.2. The van der Waals surface area contributed by atoms with Gasteiger partial charge in [0.2, 0.25) is 0 Å². The minimum Gasteiger partial charge on any atom is -0.373 e. The molecule has 0 spiro atoms. The van der Waals surface area contributed by atoms with Crippen LogP contribution in [0.1, 0.15) is 76.4 Å². The molecule has 0 bridgehead atoms. The van der Waals surface area contributed by atoms with Crippen molar-refractivity contribution in [2.24, 2.45) is 5.92 Å². The predicted molar refractivity (Wildman–Crippen MR) is 86.6 cm³/mol. The molecule has 1 aromatic rings. The molecule has 0 amide bonds. The lowest BCUT2D eigenvalue weighted by atomic mass is 9.85. The Balaban J connectivity index is 2.29.